The van der Waals surface area contributed by atoms with E-state index in [-0.39, 0.29) is 18.2 Å². The number of halogens is 3. The molecule has 0 saturated carbocycles. The minimum Gasteiger partial charge on any atom is -0.481 e. The fourth-order valence-electron chi connectivity index (χ4n) is 3.49. The molecule has 1 unspecified atom stereocenters. The lowest BCUT2D eigenvalue weighted by molar-refractivity contribution is -0.156. The van der Waals surface area contributed by atoms with Crippen molar-refractivity contribution >= 4 is 29.7 Å². The molecule has 0 aliphatic heterocycles. The third-order valence-corrected chi connectivity index (χ3v) is 5.15. The Morgan fingerprint density at radius 1 is 1.12 bits per heavy atom. The van der Waals surface area contributed by atoms with Crippen molar-refractivity contribution in [3.8, 4) is 0 Å². The van der Waals surface area contributed by atoms with Gasteiger partial charge in [-0.05, 0) is 67.0 Å². The summed E-state index contributed by atoms with van der Waals surface area (Å²) in [6.45, 7) is 0. The smallest absolute Gasteiger partial charge is 0.446 e. The molecule has 1 atom stereocenters. The van der Waals surface area contributed by atoms with Crippen LogP contribution in [0.3, 0.4) is 0 Å². The van der Waals surface area contributed by atoms with Gasteiger partial charge in [0.1, 0.15) is 5.84 Å². The molecule has 3 rings (SSSR count). The average Bonchev–Trinajstić information content (AvgIpc) is 2.77. The monoisotopic (exact) mass is 463 g/mol. The summed E-state index contributed by atoms with van der Waals surface area (Å²) in [5, 5.41) is 19.1. The van der Waals surface area contributed by atoms with Crippen LogP contribution in [0.5, 0.6) is 0 Å². The van der Waals surface area contributed by atoms with Gasteiger partial charge in [-0.3, -0.25) is 19.8 Å². The third-order valence-electron chi connectivity index (χ3n) is 5.15. The number of alkyl halides is 3. The van der Waals surface area contributed by atoms with Gasteiger partial charge in [0.2, 0.25) is 6.29 Å². The van der Waals surface area contributed by atoms with Crippen molar-refractivity contribution in [3.05, 3.63) is 64.7 Å². The Balaban J connectivity index is 0.000000569. The van der Waals surface area contributed by atoms with Crippen LogP contribution >= 0.6 is 0 Å². The van der Waals surface area contributed by atoms with E-state index in [2.05, 4.69) is 5.32 Å². The number of anilines is 1. The highest BCUT2D eigenvalue weighted by molar-refractivity contribution is 6.05. The predicted molar refractivity (Wildman–Crippen MR) is 116 cm³/mol. The molecule has 1 amide bonds. The van der Waals surface area contributed by atoms with Gasteiger partial charge in [-0.15, -0.1) is 0 Å². The van der Waals surface area contributed by atoms with Crippen LogP contribution in [-0.2, 0) is 22.4 Å². The number of amides is 1. The molecule has 5 N–H and O–H groups in total. The number of carbonyl (C=O) groups excluding carboxylic acids is 2. The second-order valence-electron chi connectivity index (χ2n) is 7.63. The lowest BCUT2D eigenvalue weighted by Crippen LogP contribution is -2.17. The van der Waals surface area contributed by atoms with E-state index in [1.165, 1.54) is 11.1 Å². The Kier molecular flexibility index (Phi) is 8.72. The number of aliphatic carboxylic acids is 1. The highest BCUT2D eigenvalue weighted by atomic mass is 19.4. The molecule has 7 nitrogen and oxygen atoms in total. The molecular weight excluding hydrogens is 439 g/mol. The fourth-order valence-corrected chi connectivity index (χ4v) is 3.49. The number of carbonyl (C=O) groups is 3. The molecule has 1 aliphatic carbocycles. The normalized spacial score (nSPS) is 14.8. The number of fused-ring (bicyclic) bond motifs is 1. The summed E-state index contributed by atoms with van der Waals surface area (Å²) in [7, 11) is 0. The van der Waals surface area contributed by atoms with Gasteiger partial charge in [0.05, 0.1) is 0 Å². The summed E-state index contributed by atoms with van der Waals surface area (Å²) in [5.41, 5.74) is 9.71. The maximum Gasteiger partial charge on any atom is 0.446 e. The van der Waals surface area contributed by atoms with Crippen molar-refractivity contribution in [2.75, 3.05) is 5.32 Å². The van der Waals surface area contributed by atoms with Crippen molar-refractivity contribution in [3.63, 3.8) is 0 Å². The molecule has 33 heavy (non-hydrogen) atoms. The van der Waals surface area contributed by atoms with Gasteiger partial charge in [0, 0.05) is 23.2 Å². The largest absolute Gasteiger partial charge is 0.481 e. The number of hydrogen-bond acceptors (Lipinski definition) is 4. The molecule has 10 heteroatoms. The van der Waals surface area contributed by atoms with E-state index in [0.29, 0.717) is 23.5 Å². The Morgan fingerprint density at radius 2 is 1.73 bits per heavy atom. The molecule has 176 valence electrons. The maximum atomic E-state index is 12.4. The Morgan fingerprint density at radius 3 is 2.27 bits per heavy atom. The first kappa shape index (κ1) is 25.6. The lowest BCUT2D eigenvalue weighted by Gasteiger charge is -2.24. The van der Waals surface area contributed by atoms with Crippen LogP contribution in [0.1, 0.15) is 46.3 Å². The van der Waals surface area contributed by atoms with E-state index in [9.17, 15) is 22.8 Å². The van der Waals surface area contributed by atoms with Crippen LogP contribution in [-0.4, -0.2) is 35.3 Å². The van der Waals surface area contributed by atoms with Crippen molar-refractivity contribution in [2.24, 2.45) is 11.7 Å². The predicted octanol–water partition coefficient (Wildman–Crippen LogP) is 3.94. The molecule has 0 spiro atoms. The van der Waals surface area contributed by atoms with Crippen molar-refractivity contribution in [2.45, 2.75) is 38.3 Å². The molecule has 1 aliphatic rings. The summed E-state index contributed by atoms with van der Waals surface area (Å²) in [6, 6.07) is 12.5. The van der Waals surface area contributed by atoms with E-state index >= 15 is 0 Å². The Hall–Kier alpha value is -3.69. The van der Waals surface area contributed by atoms with Crippen molar-refractivity contribution in [1.82, 2.24) is 0 Å². The van der Waals surface area contributed by atoms with Gasteiger partial charge in [-0.1, -0.05) is 18.2 Å². The van der Waals surface area contributed by atoms with E-state index in [1.54, 1.807) is 24.3 Å². The highest BCUT2D eigenvalue weighted by Crippen LogP contribution is 2.30. The number of aryl methyl sites for hydroxylation is 1. The molecule has 0 bridgehead atoms. The molecule has 0 saturated heterocycles. The van der Waals surface area contributed by atoms with Gasteiger partial charge in [-0.2, -0.15) is 13.2 Å². The molecule has 0 fully saturated rings. The second kappa shape index (κ2) is 11.3. The van der Waals surface area contributed by atoms with Crippen LogP contribution in [0.2, 0.25) is 0 Å². The first-order valence-electron chi connectivity index (χ1n) is 10.1. The van der Waals surface area contributed by atoms with E-state index in [0.717, 1.165) is 24.9 Å². The van der Waals surface area contributed by atoms with Gasteiger partial charge >= 0.3 is 12.1 Å². The number of nitrogen functional groups attached to an aromatic ring is 1. The van der Waals surface area contributed by atoms with E-state index in [4.69, 9.17) is 21.0 Å². The molecule has 0 radical (unpaired) electrons. The quantitative estimate of drug-likeness (QED) is 0.293. The van der Waals surface area contributed by atoms with E-state index < -0.39 is 18.4 Å². The van der Waals surface area contributed by atoms with Crippen LogP contribution in [0.25, 0.3) is 0 Å². The zero-order chi connectivity index (χ0) is 24.6. The summed E-state index contributed by atoms with van der Waals surface area (Å²) in [6.07, 6.45) is -2.00. The van der Waals surface area contributed by atoms with Crippen molar-refractivity contribution in [1.29, 1.82) is 5.41 Å². The molecule has 0 heterocycles. The first-order valence-corrected chi connectivity index (χ1v) is 10.1. The fraction of sp³-hybridized carbons (Fsp3) is 0.304. The average molecular weight is 463 g/mol. The topological polar surface area (TPSA) is 133 Å². The third kappa shape index (κ3) is 8.40. The molecule has 0 aromatic heterocycles. The van der Waals surface area contributed by atoms with Gasteiger partial charge in [0.25, 0.3) is 5.91 Å². The SMILES string of the molecule is N=C(N)c1ccc(C(=O)Nc2ccc3c(c2)CCC(CCC(=O)O)C3)cc1.O=CC(F)(F)F. The number of rotatable bonds is 6. The number of amidine groups is 1. The molecule has 2 aromatic rings. The van der Waals surface area contributed by atoms with Crippen LogP contribution < -0.4 is 11.1 Å². The summed E-state index contributed by atoms with van der Waals surface area (Å²) >= 11 is 0. The summed E-state index contributed by atoms with van der Waals surface area (Å²) in [4.78, 5) is 31.9. The van der Waals surface area contributed by atoms with Crippen LogP contribution in [0.4, 0.5) is 18.9 Å². The van der Waals surface area contributed by atoms with Gasteiger partial charge < -0.3 is 16.2 Å². The molecule has 2 aromatic carbocycles. The Bertz CT molecular complexity index is 1020. The van der Waals surface area contributed by atoms with Gasteiger partial charge in [0.15, 0.2) is 0 Å². The summed E-state index contributed by atoms with van der Waals surface area (Å²) in [5.74, 6) is -0.567. The zero-order valence-electron chi connectivity index (χ0n) is 17.6. The van der Waals surface area contributed by atoms with Crippen LogP contribution in [0, 0.1) is 11.3 Å². The number of benzene rings is 2. The minimum atomic E-state index is -4.64. The summed E-state index contributed by atoms with van der Waals surface area (Å²) < 4.78 is 31.2. The minimum absolute atomic E-state index is 0.0293. The number of aldehydes is 1. The number of carboxylic acid groups (broad SMARTS) is 1. The number of nitrogens with two attached hydrogens (primary N) is 1. The maximum absolute atomic E-state index is 12.4. The van der Waals surface area contributed by atoms with E-state index in [1.807, 2.05) is 18.2 Å². The lowest BCUT2D eigenvalue weighted by atomic mass is 9.81. The van der Waals surface area contributed by atoms with Crippen LogP contribution in [0.15, 0.2) is 42.5 Å². The number of hydrogen-bond donors (Lipinski definition) is 4. The molecular formula is C23H24F3N3O4. The first-order chi connectivity index (χ1) is 15.5. The standard InChI is InChI=1S/C21H23N3O3.C2HF3O/c22-20(23)14-4-6-15(7-5-14)21(27)24-18-9-8-16-11-13(2-10-19(25)26)1-3-17(16)12-18;3-2(4,5)1-6/h4-9,12-13H,1-3,10-11H2,(H3,22,23)(H,24,27)(H,25,26);1H. The zero-order valence-corrected chi connectivity index (χ0v) is 17.6. The highest BCUT2D eigenvalue weighted by Gasteiger charge is 2.25. The second-order valence-corrected chi connectivity index (χ2v) is 7.63. The number of carboxylic acids is 1. The van der Waals surface area contributed by atoms with Gasteiger partial charge in [-0.25, -0.2) is 0 Å². The Labute approximate surface area is 188 Å². The number of nitrogens with one attached hydrogen (secondary N) is 2. The van der Waals surface area contributed by atoms with Crippen molar-refractivity contribution < 1.29 is 32.7 Å².